The van der Waals surface area contributed by atoms with E-state index in [1.54, 1.807) is 45.9 Å². The number of ether oxygens (including phenoxy) is 3. The molecular formula is C22H25N3O7. The molecule has 0 aromatic heterocycles. The van der Waals surface area contributed by atoms with Gasteiger partial charge in [0.15, 0.2) is 11.5 Å². The van der Waals surface area contributed by atoms with Crippen LogP contribution in [0.3, 0.4) is 0 Å². The summed E-state index contributed by atoms with van der Waals surface area (Å²) in [5, 5.41) is 16.9. The van der Waals surface area contributed by atoms with Crippen molar-refractivity contribution in [2.45, 2.75) is 45.9 Å². The Kier molecular flexibility index (Phi) is 6.52. The number of fused-ring (bicyclic) bond motifs is 1. The number of amides is 1. The first-order valence-electron chi connectivity index (χ1n) is 9.98. The molecule has 0 radical (unpaired) electrons. The average molecular weight is 443 g/mol. The lowest BCUT2D eigenvalue weighted by Crippen LogP contribution is -2.35. The molecule has 3 rings (SSSR count). The second kappa shape index (κ2) is 9.13. The first-order valence-corrected chi connectivity index (χ1v) is 9.98. The average Bonchev–Trinajstić information content (AvgIpc) is 3.18. The second-order valence-corrected chi connectivity index (χ2v) is 8.26. The van der Waals surface area contributed by atoms with Gasteiger partial charge >= 0.3 is 5.97 Å². The van der Waals surface area contributed by atoms with E-state index < -0.39 is 28.4 Å². The summed E-state index contributed by atoms with van der Waals surface area (Å²) in [6.45, 7) is 7.14. The maximum atomic E-state index is 12.9. The molecule has 10 nitrogen and oxygen atoms in total. The Labute approximate surface area is 185 Å². The summed E-state index contributed by atoms with van der Waals surface area (Å²) in [7, 11) is 0. The number of nitro groups is 1. The van der Waals surface area contributed by atoms with Gasteiger partial charge in [-0.05, 0) is 51.5 Å². The fraction of sp³-hybridized carbons (Fsp3) is 0.364. The van der Waals surface area contributed by atoms with Gasteiger partial charge in [-0.1, -0.05) is 6.07 Å². The van der Waals surface area contributed by atoms with Crippen LogP contribution in [0.25, 0.3) is 0 Å². The molecule has 0 saturated carbocycles. The molecule has 1 aliphatic heterocycles. The third-order valence-electron chi connectivity index (χ3n) is 4.48. The number of carbonyl (C=O) groups excluding carboxylic acids is 2. The van der Waals surface area contributed by atoms with Crippen LogP contribution in [0.5, 0.6) is 11.5 Å². The van der Waals surface area contributed by atoms with E-state index in [1.807, 2.05) is 0 Å². The van der Waals surface area contributed by atoms with Crippen LogP contribution < -0.4 is 20.1 Å². The zero-order chi connectivity index (χ0) is 23.5. The first-order chi connectivity index (χ1) is 15.0. The summed E-state index contributed by atoms with van der Waals surface area (Å²) in [5.74, 6) is 0.162. The maximum absolute atomic E-state index is 12.9. The molecule has 10 heteroatoms. The van der Waals surface area contributed by atoms with Gasteiger partial charge in [0.1, 0.15) is 11.6 Å². The van der Waals surface area contributed by atoms with Gasteiger partial charge in [0, 0.05) is 24.4 Å². The van der Waals surface area contributed by atoms with E-state index in [2.05, 4.69) is 10.6 Å². The molecule has 0 aliphatic carbocycles. The maximum Gasteiger partial charge on any atom is 0.328 e. The molecule has 0 spiro atoms. The van der Waals surface area contributed by atoms with Crippen molar-refractivity contribution in [3.05, 3.63) is 57.6 Å². The largest absolute Gasteiger partial charge is 0.458 e. The van der Waals surface area contributed by atoms with Crippen LogP contribution in [-0.4, -0.2) is 35.2 Å². The highest BCUT2D eigenvalue weighted by atomic mass is 16.7. The van der Waals surface area contributed by atoms with Crippen molar-refractivity contribution < 1.29 is 28.7 Å². The van der Waals surface area contributed by atoms with Crippen LogP contribution in [0, 0.1) is 10.1 Å². The highest BCUT2D eigenvalue weighted by Crippen LogP contribution is 2.32. The van der Waals surface area contributed by atoms with Crippen molar-refractivity contribution in [1.82, 2.24) is 5.32 Å². The Morgan fingerprint density at radius 3 is 2.56 bits per heavy atom. The minimum atomic E-state index is -0.781. The van der Waals surface area contributed by atoms with Gasteiger partial charge in [-0.3, -0.25) is 14.9 Å². The number of rotatable bonds is 7. The Morgan fingerprint density at radius 1 is 1.16 bits per heavy atom. The SMILES string of the molecule is C[C@H](Nc1ccc([N+](=O)[O-])cc1C(=O)NCc1ccc2c(c1)OCO2)C(=O)OC(C)(C)C. The van der Waals surface area contributed by atoms with E-state index >= 15 is 0 Å². The van der Waals surface area contributed by atoms with Gasteiger partial charge < -0.3 is 24.8 Å². The molecule has 32 heavy (non-hydrogen) atoms. The van der Waals surface area contributed by atoms with Crippen LogP contribution in [0.15, 0.2) is 36.4 Å². The lowest BCUT2D eigenvalue weighted by molar-refractivity contribution is -0.384. The van der Waals surface area contributed by atoms with Crippen molar-refractivity contribution in [3.63, 3.8) is 0 Å². The van der Waals surface area contributed by atoms with Gasteiger partial charge in [0.2, 0.25) is 6.79 Å². The number of hydrogen-bond acceptors (Lipinski definition) is 8. The van der Waals surface area contributed by atoms with Gasteiger partial charge in [-0.25, -0.2) is 4.79 Å². The molecule has 1 atom stereocenters. The van der Waals surface area contributed by atoms with Crippen molar-refractivity contribution in [2.75, 3.05) is 12.1 Å². The monoisotopic (exact) mass is 443 g/mol. The van der Waals surface area contributed by atoms with Crippen LogP contribution >= 0.6 is 0 Å². The number of benzene rings is 2. The lowest BCUT2D eigenvalue weighted by Gasteiger charge is -2.23. The fourth-order valence-corrected chi connectivity index (χ4v) is 2.97. The normalized spacial score (nSPS) is 13.2. The smallest absolute Gasteiger partial charge is 0.328 e. The van der Waals surface area contributed by atoms with Crippen molar-refractivity contribution in [1.29, 1.82) is 0 Å². The predicted molar refractivity (Wildman–Crippen MR) is 116 cm³/mol. The first kappa shape index (κ1) is 22.9. The van der Waals surface area contributed by atoms with Gasteiger partial charge in [-0.15, -0.1) is 0 Å². The van der Waals surface area contributed by atoms with Crippen LogP contribution in [0.1, 0.15) is 43.6 Å². The molecule has 0 bridgehead atoms. The highest BCUT2D eigenvalue weighted by Gasteiger charge is 2.24. The summed E-state index contributed by atoms with van der Waals surface area (Å²) in [4.78, 5) is 35.8. The number of non-ortho nitro benzene ring substituents is 1. The molecule has 1 heterocycles. The molecule has 1 aliphatic rings. The summed E-state index contributed by atoms with van der Waals surface area (Å²) in [6, 6.07) is 8.32. The summed E-state index contributed by atoms with van der Waals surface area (Å²) >= 11 is 0. The fourth-order valence-electron chi connectivity index (χ4n) is 2.97. The minimum absolute atomic E-state index is 0.0374. The number of carbonyl (C=O) groups is 2. The van der Waals surface area contributed by atoms with Gasteiger partial charge in [-0.2, -0.15) is 0 Å². The molecule has 0 saturated heterocycles. The summed E-state index contributed by atoms with van der Waals surface area (Å²) in [5.41, 5.74) is 0.165. The lowest BCUT2D eigenvalue weighted by atomic mass is 10.1. The number of nitrogens with one attached hydrogen (secondary N) is 2. The Morgan fingerprint density at radius 2 is 1.88 bits per heavy atom. The third-order valence-corrected chi connectivity index (χ3v) is 4.48. The van der Waals surface area contributed by atoms with E-state index in [4.69, 9.17) is 14.2 Å². The molecule has 0 fully saturated rings. The van der Waals surface area contributed by atoms with Gasteiger partial charge in [0.05, 0.1) is 10.5 Å². The van der Waals surface area contributed by atoms with Crippen molar-refractivity contribution in [3.8, 4) is 11.5 Å². The van der Waals surface area contributed by atoms with Crippen molar-refractivity contribution >= 4 is 23.3 Å². The van der Waals surface area contributed by atoms with E-state index in [9.17, 15) is 19.7 Å². The number of nitrogens with zero attached hydrogens (tertiary/aromatic N) is 1. The van der Waals surface area contributed by atoms with Crippen LogP contribution in [0.4, 0.5) is 11.4 Å². The molecule has 2 aromatic carbocycles. The van der Waals surface area contributed by atoms with Crippen LogP contribution in [0.2, 0.25) is 0 Å². The Bertz CT molecular complexity index is 1050. The number of anilines is 1. The Balaban J connectivity index is 1.77. The van der Waals surface area contributed by atoms with Gasteiger partial charge in [0.25, 0.3) is 11.6 Å². The number of nitro benzene ring substituents is 1. The van der Waals surface area contributed by atoms with Crippen molar-refractivity contribution in [2.24, 2.45) is 0 Å². The molecule has 2 N–H and O–H groups in total. The molecule has 0 unspecified atom stereocenters. The standard InChI is InChI=1S/C22H25N3O7/c1-13(21(27)32-22(2,3)4)24-17-7-6-15(25(28)29)10-16(17)20(26)23-11-14-5-8-18-19(9-14)31-12-30-18/h5-10,13,24H,11-12H2,1-4H3,(H,23,26)/t13-/m0/s1. The van der Waals surface area contributed by atoms with E-state index in [0.29, 0.717) is 11.5 Å². The highest BCUT2D eigenvalue weighted by molar-refractivity contribution is 6.00. The number of esters is 1. The van der Waals surface area contributed by atoms with E-state index in [-0.39, 0.29) is 30.3 Å². The minimum Gasteiger partial charge on any atom is -0.458 e. The third kappa shape index (κ3) is 5.65. The van der Waals surface area contributed by atoms with E-state index in [1.165, 1.54) is 18.2 Å². The summed E-state index contributed by atoms with van der Waals surface area (Å²) in [6.07, 6.45) is 0. The van der Waals surface area contributed by atoms with E-state index in [0.717, 1.165) is 5.56 Å². The second-order valence-electron chi connectivity index (χ2n) is 8.26. The predicted octanol–water partition coefficient (Wildman–Crippen LogP) is 3.40. The molecule has 2 aromatic rings. The quantitative estimate of drug-likeness (QED) is 0.378. The Hall–Kier alpha value is -3.82. The molecule has 170 valence electrons. The van der Waals surface area contributed by atoms with Crippen LogP contribution in [-0.2, 0) is 16.1 Å². The topological polar surface area (TPSA) is 129 Å². The number of hydrogen-bond donors (Lipinski definition) is 2. The zero-order valence-electron chi connectivity index (χ0n) is 18.3. The molecule has 1 amide bonds. The molecular weight excluding hydrogens is 418 g/mol. The zero-order valence-corrected chi connectivity index (χ0v) is 18.3. The summed E-state index contributed by atoms with van der Waals surface area (Å²) < 4.78 is 15.9.